The van der Waals surface area contributed by atoms with E-state index < -0.39 is 40.0 Å². The Morgan fingerprint density at radius 1 is 0.788 bits per heavy atom. The van der Waals surface area contributed by atoms with Crippen LogP contribution in [-0.4, -0.2) is 35.0 Å². The Morgan fingerprint density at radius 3 is 1.45 bits per heavy atom. The Balaban J connectivity index is 2.78. The molecule has 2 rings (SSSR count). The van der Waals surface area contributed by atoms with Crippen molar-refractivity contribution in [3.63, 3.8) is 0 Å². The van der Waals surface area contributed by atoms with E-state index in [4.69, 9.17) is 9.47 Å². The molecule has 0 aliphatic rings. The normalized spacial score (nSPS) is 11.0. The van der Waals surface area contributed by atoms with Crippen LogP contribution in [0, 0.1) is 39.5 Å². The molecule has 0 amide bonds. The monoisotopic (exact) mass is 458 g/mol. The number of hydrogen-bond donors (Lipinski definition) is 0. The van der Waals surface area contributed by atoms with Crippen molar-refractivity contribution < 1.29 is 28.9 Å². The van der Waals surface area contributed by atoms with Crippen molar-refractivity contribution in [3.05, 3.63) is 78.9 Å². The number of esters is 2. The lowest BCUT2D eigenvalue weighted by Crippen LogP contribution is -2.46. The molecule has 0 fully saturated rings. The number of nitrogens with zero attached hydrogens (tertiary/aromatic N) is 2. The van der Waals surface area contributed by atoms with Gasteiger partial charge in [-0.3, -0.25) is 29.8 Å². The second-order valence-corrected chi connectivity index (χ2v) is 7.66. The second kappa shape index (κ2) is 10.7. The first-order valence-corrected chi connectivity index (χ1v) is 10.4. The van der Waals surface area contributed by atoms with Gasteiger partial charge in [-0.2, -0.15) is 0 Å². The lowest BCUT2D eigenvalue weighted by Gasteiger charge is -2.29. The minimum Gasteiger partial charge on any atom is -0.465 e. The van der Waals surface area contributed by atoms with Crippen molar-refractivity contribution in [2.24, 2.45) is 5.41 Å². The van der Waals surface area contributed by atoms with Crippen molar-refractivity contribution in [2.75, 3.05) is 13.2 Å². The summed E-state index contributed by atoms with van der Waals surface area (Å²) in [6.07, 6.45) is -0.846. The fraction of sp³-hybridized carbons (Fsp3) is 0.391. The molecular weight excluding hydrogens is 432 g/mol. The van der Waals surface area contributed by atoms with Gasteiger partial charge in [0, 0.05) is 36.1 Å². The Hall–Kier alpha value is -3.82. The van der Waals surface area contributed by atoms with Crippen LogP contribution in [0.25, 0.3) is 0 Å². The summed E-state index contributed by atoms with van der Waals surface area (Å²) in [5, 5.41) is 23.3. The highest BCUT2D eigenvalue weighted by Crippen LogP contribution is 2.37. The second-order valence-electron chi connectivity index (χ2n) is 7.66. The van der Waals surface area contributed by atoms with Gasteiger partial charge in [-0.1, -0.05) is 23.3 Å². The van der Waals surface area contributed by atoms with E-state index in [1.54, 1.807) is 39.8 Å². The standard InChI is InChI=1S/C23H26N2O8/c1-5-32-21(26)23(22(27)33-6-2,13-17-11-15(3)7-9-19(17)24(28)29)14-18-12-16(4)8-10-20(18)25(30)31/h7-12H,5-6,13-14H2,1-4H3. The third kappa shape index (κ3) is 5.71. The van der Waals surface area contributed by atoms with Crippen LogP contribution in [0.4, 0.5) is 11.4 Å². The minimum atomic E-state index is -2.07. The number of nitro benzene ring substituents is 2. The summed E-state index contributed by atoms with van der Waals surface area (Å²) >= 11 is 0. The average Bonchev–Trinajstić information content (AvgIpc) is 2.73. The quantitative estimate of drug-likeness (QED) is 0.225. The van der Waals surface area contributed by atoms with Gasteiger partial charge in [-0.05, 0) is 39.8 Å². The van der Waals surface area contributed by atoms with Gasteiger partial charge in [0.25, 0.3) is 11.4 Å². The molecule has 0 unspecified atom stereocenters. The lowest BCUT2D eigenvalue weighted by molar-refractivity contribution is -0.385. The molecule has 0 bridgehead atoms. The number of ether oxygens (including phenoxy) is 2. The van der Waals surface area contributed by atoms with Gasteiger partial charge in [0.1, 0.15) is 0 Å². The number of hydrogen-bond acceptors (Lipinski definition) is 8. The zero-order valence-corrected chi connectivity index (χ0v) is 19.0. The molecule has 0 saturated heterocycles. The number of aryl methyl sites for hydroxylation is 2. The molecule has 2 aromatic carbocycles. The Labute approximate surface area is 190 Å². The maximum absolute atomic E-state index is 13.3. The predicted molar refractivity (Wildman–Crippen MR) is 119 cm³/mol. The van der Waals surface area contributed by atoms with Crippen molar-refractivity contribution in [1.82, 2.24) is 0 Å². The fourth-order valence-electron chi connectivity index (χ4n) is 3.69. The van der Waals surface area contributed by atoms with E-state index in [9.17, 15) is 29.8 Å². The Kier molecular flexibility index (Phi) is 8.22. The summed E-state index contributed by atoms with van der Waals surface area (Å²) in [5.74, 6) is -1.93. The smallest absolute Gasteiger partial charge is 0.324 e. The van der Waals surface area contributed by atoms with Crippen molar-refractivity contribution in [3.8, 4) is 0 Å². The molecule has 0 spiro atoms. The third-order valence-corrected chi connectivity index (χ3v) is 5.18. The first-order chi connectivity index (χ1) is 15.5. The highest BCUT2D eigenvalue weighted by Gasteiger charge is 2.51. The molecule has 0 aliphatic heterocycles. The van der Waals surface area contributed by atoms with Crippen LogP contribution >= 0.6 is 0 Å². The molecular formula is C23H26N2O8. The summed E-state index contributed by atoms with van der Waals surface area (Å²) in [4.78, 5) is 48.6. The Bertz CT molecular complexity index is 995. The number of rotatable bonds is 10. The van der Waals surface area contributed by atoms with Gasteiger partial charge in [0.2, 0.25) is 0 Å². The minimum absolute atomic E-state index is 0.0637. The molecule has 0 N–H and O–H groups in total. The van der Waals surface area contributed by atoms with Gasteiger partial charge in [0.15, 0.2) is 5.41 Å². The largest absolute Gasteiger partial charge is 0.465 e. The Morgan fingerprint density at radius 2 is 1.15 bits per heavy atom. The van der Waals surface area contributed by atoms with E-state index in [1.165, 1.54) is 24.3 Å². The summed E-state index contributed by atoms with van der Waals surface area (Å²) < 4.78 is 10.4. The van der Waals surface area contributed by atoms with Crippen molar-refractivity contribution >= 4 is 23.3 Å². The highest BCUT2D eigenvalue weighted by atomic mass is 16.6. The van der Waals surface area contributed by atoms with Crippen LogP contribution in [0.3, 0.4) is 0 Å². The van der Waals surface area contributed by atoms with E-state index >= 15 is 0 Å². The summed E-state index contributed by atoms with van der Waals surface area (Å²) in [6, 6.07) is 8.70. The number of carbonyl (C=O) groups excluding carboxylic acids is 2. The van der Waals surface area contributed by atoms with Crippen LogP contribution in [0.2, 0.25) is 0 Å². The SMILES string of the molecule is CCOC(=O)C(Cc1cc(C)ccc1[N+](=O)[O-])(Cc1cc(C)ccc1[N+](=O)[O-])C(=O)OCC. The lowest BCUT2D eigenvalue weighted by atomic mass is 9.75. The van der Waals surface area contributed by atoms with E-state index in [2.05, 4.69) is 0 Å². The highest BCUT2D eigenvalue weighted by molar-refractivity contribution is 6.01. The van der Waals surface area contributed by atoms with Crippen LogP contribution < -0.4 is 0 Å². The average molecular weight is 458 g/mol. The zero-order valence-electron chi connectivity index (χ0n) is 19.0. The van der Waals surface area contributed by atoms with Gasteiger partial charge in [0.05, 0.1) is 23.1 Å². The van der Waals surface area contributed by atoms with E-state index in [0.717, 1.165) is 0 Å². The molecule has 10 heteroatoms. The van der Waals surface area contributed by atoms with Crippen LogP contribution in [-0.2, 0) is 31.9 Å². The molecule has 0 aromatic heterocycles. The molecule has 0 saturated carbocycles. The molecule has 0 aliphatic carbocycles. The maximum atomic E-state index is 13.3. The number of benzene rings is 2. The first kappa shape index (κ1) is 25.4. The molecule has 2 aromatic rings. The van der Waals surface area contributed by atoms with Crippen LogP contribution in [0.1, 0.15) is 36.1 Å². The molecule has 176 valence electrons. The van der Waals surface area contributed by atoms with Gasteiger partial charge in [-0.15, -0.1) is 0 Å². The first-order valence-electron chi connectivity index (χ1n) is 10.4. The number of nitro groups is 2. The molecule has 33 heavy (non-hydrogen) atoms. The predicted octanol–water partition coefficient (Wildman–Crippen LogP) is 4.02. The summed E-state index contributed by atoms with van der Waals surface area (Å²) in [5.41, 5.74) is -1.02. The topological polar surface area (TPSA) is 139 Å². The zero-order chi connectivity index (χ0) is 24.8. The van der Waals surface area contributed by atoms with Gasteiger partial charge in [-0.25, -0.2) is 0 Å². The summed E-state index contributed by atoms with van der Waals surface area (Å²) in [7, 11) is 0. The van der Waals surface area contributed by atoms with Crippen molar-refractivity contribution in [1.29, 1.82) is 0 Å². The van der Waals surface area contributed by atoms with Gasteiger partial charge >= 0.3 is 11.9 Å². The molecule has 0 radical (unpaired) electrons. The van der Waals surface area contributed by atoms with Crippen LogP contribution in [0.5, 0.6) is 0 Å². The third-order valence-electron chi connectivity index (χ3n) is 5.18. The van der Waals surface area contributed by atoms with Crippen molar-refractivity contribution in [2.45, 2.75) is 40.5 Å². The van der Waals surface area contributed by atoms with E-state index in [1.807, 2.05) is 0 Å². The molecule has 0 heterocycles. The van der Waals surface area contributed by atoms with Crippen LogP contribution in [0.15, 0.2) is 36.4 Å². The van der Waals surface area contributed by atoms with E-state index in [-0.39, 0.29) is 35.7 Å². The fourth-order valence-corrected chi connectivity index (χ4v) is 3.69. The van der Waals surface area contributed by atoms with E-state index in [0.29, 0.717) is 11.1 Å². The number of carbonyl (C=O) groups is 2. The molecule has 0 atom stereocenters. The summed E-state index contributed by atoms with van der Waals surface area (Å²) in [6.45, 7) is 6.41. The van der Waals surface area contributed by atoms with Gasteiger partial charge < -0.3 is 9.47 Å². The molecule has 10 nitrogen and oxygen atoms in total. The maximum Gasteiger partial charge on any atom is 0.324 e.